The molecule has 4 rings (SSSR count). The minimum absolute atomic E-state index is 0.191. The van der Waals surface area contributed by atoms with Crippen LogP contribution in [0.3, 0.4) is 0 Å². The van der Waals surface area contributed by atoms with Crippen molar-refractivity contribution in [3.05, 3.63) is 76.0 Å². The molecule has 0 saturated carbocycles. The summed E-state index contributed by atoms with van der Waals surface area (Å²) in [6, 6.07) is 16.0. The average molecular weight is 460 g/mol. The number of carbonyl (C=O) groups is 2. The smallest absolute Gasteiger partial charge is 0.253 e. The summed E-state index contributed by atoms with van der Waals surface area (Å²) < 4.78 is 6.87. The molecule has 2 N–H and O–H groups in total. The van der Waals surface area contributed by atoms with Crippen LogP contribution in [-0.4, -0.2) is 23.3 Å². The van der Waals surface area contributed by atoms with Gasteiger partial charge < -0.3 is 15.1 Å². The first kappa shape index (κ1) is 20.4. The molecule has 4 aromatic rings. The first-order chi connectivity index (χ1) is 14.5. The molecule has 152 valence electrons. The Morgan fingerprint density at radius 2 is 1.87 bits per heavy atom. The van der Waals surface area contributed by atoms with Crippen LogP contribution in [0.1, 0.15) is 16.1 Å². The third kappa shape index (κ3) is 4.64. The van der Waals surface area contributed by atoms with Crippen molar-refractivity contribution in [1.29, 1.82) is 0 Å². The summed E-state index contributed by atoms with van der Waals surface area (Å²) in [5, 5.41) is 6.65. The number of aromatic nitrogens is 1. The van der Waals surface area contributed by atoms with Crippen LogP contribution < -0.4 is 10.6 Å². The molecule has 0 spiro atoms. The van der Waals surface area contributed by atoms with Gasteiger partial charge in [0.15, 0.2) is 10.8 Å². The number of hydrogen-bond acceptors (Lipinski definition) is 5. The average Bonchev–Trinajstić information content (AvgIpc) is 3.37. The maximum Gasteiger partial charge on any atom is 0.253 e. The number of thiazole rings is 1. The molecule has 2 amide bonds. The zero-order valence-corrected chi connectivity index (χ0v) is 17.8. The number of fused-ring (bicyclic) bond motifs is 1. The van der Waals surface area contributed by atoms with Gasteiger partial charge in [-0.2, -0.15) is 0 Å². The van der Waals surface area contributed by atoms with Gasteiger partial charge in [-0.15, -0.1) is 11.3 Å². The first-order valence-electron chi connectivity index (χ1n) is 8.94. The lowest BCUT2D eigenvalue weighted by molar-refractivity contribution is -0.120. The van der Waals surface area contributed by atoms with Crippen molar-refractivity contribution in [2.75, 3.05) is 6.54 Å². The highest BCUT2D eigenvalue weighted by atomic mass is 35.5. The fourth-order valence-corrected chi connectivity index (χ4v) is 4.16. The molecule has 0 atom stereocenters. The SMILES string of the molecule is O=C(CNC(=O)c1ccc(Cl)cc1Cl)NCc1ccc(-c2nc3ccccc3s2)o1. The zero-order chi connectivity index (χ0) is 21.1. The second-order valence-corrected chi connectivity index (χ2v) is 8.21. The summed E-state index contributed by atoms with van der Waals surface area (Å²) in [7, 11) is 0. The second kappa shape index (κ2) is 8.87. The fourth-order valence-electron chi connectivity index (χ4n) is 2.74. The van der Waals surface area contributed by atoms with Gasteiger partial charge in [-0.25, -0.2) is 4.98 Å². The van der Waals surface area contributed by atoms with E-state index >= 15 is 0 Å². The highest BCUT2D eigenvalue weighted by molar-refractivity contribution is 7.21. The number of carbonyl (C=O) groups excluding carboxylic acids is 2. The van der Waals surface area contributed by atoms with Gasteiger partial charge in [-0.3, -0.25) is 9.59 Å². The lowest BCUT2D eigenvalue weighted by atomic mass is 10.2. The van der Waals surface area contributed by atoms with Gasteiger partial charge in [-0.1, -0.05) is 35.3 Å². The molecule has 30 heavy (non-hydrogen) atoms. The van der Waals surface area contributed by atoms with Crippen LogP contribution in [0.25, 0.3) is 21.0 Å². The molecule has 0 unspecified atom stereocenters. The van der Waals surface area contributed by atoms with E-state index in [4.69, 9.17) is 27.6 Å². The molecule has 9 heteroatoms. The van der Waals surface area contributed by atoms with Crippen molar-refractivity contribution in [3.8, 4) is 10.8 Å². The van der Waals surface area contributed by atoms with Crippen molar-refractivity contribution < 1.29 is 14.0 Å². The number of rotatable bonds is 6. The molecular formula is C21H15Cl2N3O3S. The third-order valence-electron chi connectivity index (χ3n) is 4.21. The summed E-state index contributed by atoms with van der Waals surface area (Å²) in [5.74, 6) is 0.421. The molecule has 0 aliphatic heterocycles. The van der Waals surface area contributed by atoms with E-state index in [1.807, 2.05) is 30.3 Å². The molecule has 6 nitrogen and oxygen atoms in total. The van der Waals surface area contributed by atoms with Crippen LogP contribution in [0.15, 0.2) is 59.0 Å². The lowest BCUT2D eigenvalue weighted by Crippen LogP contribution is -2.36. The summed E-state index contributed by atoms with van der Waals surface area (Å²) in [6.07, 6.45) is 0. The standard InChI is InChI=1S/C21H15Cl2N3O3S/c22-12-5-7-14(15(23)9-12)20(28)25-11-19(27)24-10-13-6-8-17(29-13)21-26-16-3-1-2-4-18(16)30-21/h1-9H,10-11H2,(H,24,27)(H,25,28). The number of benzene rings is 2. The van der Waals surface area contributed by atoms with Gasteiger partial charge in [0, 0.05) is 5.02 Å². The Labute approximate surface area is 185 Å². The van der Waals surface area contributed by atoms with Crippen molar-refractivity contribution in [3.63, 3.8) is 0 Å². The summed E-state index contributed by atoms with van der Waals surface area (Å²) in [5.41, 5.74) is 1.17. The second-order valence-electron chi connectivity index (χ2n) is 6.34. The lowest BCUT2D eigenvalue weighted by Gasteiger charge is -2.07. The van der Waals surface area contributed by atoms with Gasteiger partial charge in [0.25, 0.3) is 5.91 Å². The third-order valence-corrected chi connectivity index (χ3v) is 5.81. The van der Waals surface area contributed by atoms with Gasteiger partial charge in [0.05, 0.1) is 33.9 Å². The largest absolute Gasteiger partial charge is 0.457 e. The molecule has 0 saturated heterocycles. The Kier molecular flexibility index (Phi) is 6.03. The van der Waals surface area contributed by atoms with Crippen molar-refractivity contribution in [2.45, 2.75) is 6.54 Å². The number of nitrogens with zero attached hydrogens (tertiary/aromatic N) is 1. The topological polar surface area (TPSA) is 84.2 Å². The van der Waals surface area contributed by atoms with Gasteiger partial charge in [0.1, 0.15) is 5.76 Å². The van der Waals surface area contributed by atoms with Crippen LogP contribution in [0.2, 0.25) is 10.0 Å². The fraction of sp³-hybridized carbons (Fsp3) is 0.0952. The monoisotopic (exact) mass is 459 g/mol. The van der Waals surface area contributed by atoms with E-state index < -0.39 is 5.91 Å². The van der Waals surface area contributed by atoms with E-state index in [9.17, 15) is 9.59 Å². The van der Waals surface area contributed by atoms with E-state index in [0.717, 1.165) is 15.2 Å². The van der Waals surface area contributed by atoms with Gasteiger partial charge in [-0.05, 0) is 42.5 Å². The Balaban J connectivity index is 1.30. The first-order valence-corrected chi connectivity index (χ1v) is 10.5. The van der Waals surface area contributed by atoms with Gasteiger partial charge >= 0.3 is 0 Å². The van der Waals surface area contributed by atoms with Crippen LogP contribution in [0, 0.1) is 0 Å². The molecule has 0 aliphatic carbocycles. The van der Waals surface area contributed by atoms with E-state index in [-0.39, 0.29) is 29.6 Å². The number of halogens is 2. The van der Waals surface area contributed by atoms with Gasteiger partial charge in [0.2, 0.25) is 5.91 Å². The Morgan fingerprint density at radius 1 is 1.03 bits per heavy atom. The van der Waals surface area contributed by atoms with E-state index in [0.29, 0.717) is 16.5 Å². The molecule has 2 heterocycles. The molecule has 2 aromatic heterocycles. The minimum atomic E-state index is -0.456. The van der Waals surface area contributed by atoms with Crippen LogP contribution in [-0.2, 0) is 11.3 Å². The number of amides is 2. The Bertz CT molecular complexity index is 1200. The predicted octanol–water partition coefficient (Wildman–Crippen LogP) is 4.91. The van der Waals surface area contributed by atoms with Crippen LogP contribution in [0.5, 0.6) is 0 Å². The van der Waals surface area contributed by atoms with E-state index in [2.05, 4.69) is 15.6 Å². The maximum absolute atomic E-state index is 12.1. The van der Waals surface area contributed by atoms with Crippen molar-refractivity contribution >= 4 is 56.6 Å². The number of nitrogens with one attached hydrogen (secondary N) is 2. The summed E-state index contributed by atoms with van der Waals surface area (Å²) in [6.45, 7) is 0.00449. The molecule has 0 radical (unpaired) electrons. The van der Waals surface area contributed by atoms with E-state index in [1.54, 1.807) is 23.5 Å². The summed E-state index contributed by atoms with van der Waals surface area (Å²) in [4.78, 5) is 28.8. The van der Waals surface area contributed by atoms with Crippen LogP contribution >= 0.6 is 34.5 Å². The van der Waals surface area contributed by atoms with Crippen molar-refractivity contribution in [1.82, 2.24) is 15.6 Å². The number of furan rings is 1. The summed E-state index contributed by atoms with van der Waals surface area (Å²) >= 11 is 13.4. The highest BCUT2D eigenvalue weighted by Gasteiger charge is 2.13. The minimum Gasteiger partial charge on any atom is -0.457 e. The normalized spacial score (nSPS) is 10.9. The zero-order valence-electron chi connectivity index (χ0n) is 15.4. The molecular weight excluding hydrogens is 445 g/mol. The number of hydrogen-bond donors (Lipinski definition) is 2. The molecule has 0 bridgehead atoms. The Hall–Kier alpha value is -2.87. The highest BCUT2D eigenvalue weighted by Crippen LogP contribution is 2.31. The Morgan fingerprint density at radius 3 is 2.67 bits per heavy atom. The predicted molar refractivity (Wildman–Crippen MR) is 118 cm³/mol. The quantitative estimate of drug-likeness (QED) is 0.428. The maximum atomic E-state index is 12.1. The number of para-hydroxylation sites is 1. The van der Waals surface area contributed by atoms with Crippen molar-refractivity contribution in [2.24, 2.45) is 0 Å². The van der Waals surface area contributed by atoms with Crippen LogP contribution in [0.4, 0.5) is 0 Å². The molecule has 0 fully saturated rings. The van der Waals surface area contributed by atoms with E-state index in [1.165, 1.54) is 12.1 Å². The molecule has 0 aliphatic rings. The molecule has 2 aromatic carbocycles.